The molecule has 1 amide bonds. The third kappa shape index (κ3) is 5.13. The first kappa shape index (κ1) is 18.6. The van der Waals surface area contributed by atoms with Gasteiger partial charge in [-0.3, -0.25) is 4.79 Å². The molecule has 0 aliphatic rings. The fraction of sp³-hybridized carbons (Fsp3) is 0.176. The van der Waals surface area contributed by atoms with Crippen LogP contribution in [0.2, 0.25) is 15.1 Å². The highest BCUT2D eigenvalue weighted by Gasteiger charge is 2.15. The summed E-state index contributed by atoms with van der Waals surface area (Å²) < 4.78 is 4.97. The highest BCUT2D eigenvalue weighted by atomic mass is 35.5. The number of nitrogens with one attached hydrogen (secondary N) is 1. The highest BCUT2D eigenvalue weighted by Crippen LogP contribution is 2.21. The van der Waals surface area contributed by atoms with Crippen LogP contribution < -0.4 is 5.32 Å². The zero-order valence-electron chi connectivity index (χ0n) is 12.7. The molecular weight excluding hydrogens is 373 g/mol. The van der Waals surface area contributed by atoms with Crippen molar-refractivity contribution in [3.8, 4) is 0 Å². The molecule has 7 heteroatoms. The Hall–Kier alpha value is -1.75. The summed E-state index contributed by atoms with van der Waals surface area (Å²) in [5, 5.41) is 3.91. The molecule has 0 spiro atoms. The van der Waals surface area contributed by atoms with E-state index in [4.69, 9.17) is 39.5 Å². The van der Waals surface area contributed by atoms with Crippen LogP contribution in [-0.2, 0) is 9.53 Å². The predicted octanol–water partition coefficient (Wildman–Crippen LogP) is 4.68. The van der Waals surface area contributed by atoms with Crippen molar-refractivity contribution in [3.05, 3.63) is 68.7 Å². The van der Waals surface area contributed by atoms with Crippen LogP contribution in [0.1, 0.15) is 28.9 Å². The summed E-state index contributed by atoms with van der Waals surface area (Å²) in [6.07, 6.45) is 0. The molecule has 2 aromatic carbocycles. The van der Waals surface area contributed by atoms with Crippen LogP contribution in [0.25, 0.3) is 0 Å². The second kappa shape index (κ2) is 8.38. The van der Waals surface area contributed by atoms with Crippen molar-refractivity contribution in [1.29, 1.82) is 0 Å². The van der Waals surface area contributed by atoms with E-state index in [-0.39, 0.29) is 16.6 Å². The number of amides is 1. The molecular formula is C17H14Cl3NO3. The number of halogens is 3. The summed E-state index contributed by atoms with van der Waals surface area (Å²) in [6, 6.07) is 11.3. The summed E-state index contributed by atoms with van der Waals surface area (Å²) in [7, 11) is 0. The lowest BCUT2D eigenvalue weighted by molar-refractivity contribution is -0.124. The van der Waals surface area contributed by atoms with Gasteiger partial charge in [-0.2, -0.15) is 0 Å². The maximum absolute atomic E-state index is 12.0. The fourth-order valence-electron chi connectivity index (χ4n) is 1.98. The number of carbonyl (C=O) groups excluding carboxylic acids is 2. The number of rotatable bonds is 5. The summed E-state index contributed by atoms with van der Waals surface area (Å²) >= 11 is 17.6. The molecule has 126 valence electrons. The maximum atomic E-state index is 12.0. The zero-order chi connectivity index (χ0) is 17.7. The van der Waals surface area contributed by atoms with Crippen LogP contribution >= 0.6 is 34.8 Å². The highest BCUT2D eigenvalue weighted by molar-refractivity contribution is 6.35. The van der Waals surface area contributed by atoms with E-state index in [1.165, 1.54) is 12.1 Å². The summed E-state index contributed by atoms with van der Waals surface area (Å²) in [5.74, 6) is -1.14. The van der Waals surface area contributed by atoms with Crippen LogP contribution in [0.15, 0.2) is 42.5 Å². The molecule has 0 saturated carbocycles. The van der Waals surface area contributed by atoms with Gasteiger partial charge >= 0.3 is 5.97 Å². The molecule has 0 radical (unpaired) electrons. The van der Waals surface area contributed by atoms with Gasteiger partial charge in [0.25, 0.3) is 5.91 Å². The van der Waals surface area contributed by atoms with Crippen LogP contribution in [0.3, 0.4) is 0 Å². The third-order valence-electron chi connectivity index (χ3n) is 3.23. The average molecular weight is 387 g/mol. The molecule has 0 unspecified atom stereocenters. The smallest absolute Gasteiger partial charge is 0.340 e. The lowest BCUT2D eigenvalue weighted by Crippen LogP contribution is -2.31. The first-order valence-corrected chi connectivity index (χ1v) is 8.17. The Balaban J connectivity index is 1.89. The predicted molar refractivity (Wildman–Crippen MR) is 94.8 cm³/mol. The van der Waals surface area contributed by atoms with E-state index in [0.29, 0.717) is 10.0 Å². The number of esters is 1. The topological polar surface area (TPSA) is 55.4 Å². The van der Waals surface area contributed by atoms with E-state index in [1.807, 2.05) is 19.1 Å². The van der Waals surface area contributed by atoms with Gasteiger partial charge in [0.2, 0.25) is 0 Å². The van der Waals surface area contributed by atoms with Crippen LogP contribution in [-0.4, -0.2) is 18.5 Å². The Kier molecular flexibility index (Phi) is 6.49. The monoisotopic (exact) mass is 385 g/mol. The molecule has 0 bridgehead atoms. The van der Waals surface area contributed by atoms with Crippen molar-refractivity contribution < 1.29 is 14.3 Å². The summed E-state index contributed by atoms with van der Waals surface area (Å²) in [5.41, 5.74) is 1.000. The molecule has 0 heterocycles. The Morgan fingerprint density at radius 2 is 1.67 bits per heavy atom. The lowest BCUT2D eigenvalue weighted by atomic mass is 10.1. The van der Waals surface area contributed by atoms with Crippen molar-refractivity contribution >= 4 is 46.7 Å². The first-order valence-electron chi connectivity index (χ1n) is 7.04. The van der Waals surface area contributed by atoms with Gasteiger partial charge in [0.1, 0.15) is 0 Å². The third-order valence-corrected chi connectivity index (χ3v) is 4.05. The quantitative estimate of drug-likeness (QED) is 0.759. The van der Waals surface area contributed by atoms with Gasteiger partial charge in [-0.05, 0) is 42.8 Å². The number of benzene rings is 2. The van der Waals surface area contributed by atoms with Gasteiger partial charge < -0.3 is 10.1 Å². The van der Waals surface area contributed by atoms with E-state index in [9.17, 15) is 9.59 Å². The normalized spacial score (nSPS) is 11.7. The SMILES string of the molecule is C[C@H](NC(=O)COC(=O)c1cc(Cl)ccc1Cl)c1ccc(Cl)cc1. The Labute approximate surface area is 154 Å². The zero-order valence-corrected chi connectivity index (χ0v) is 15.0. The second-order valence-corrected chi connectivity index (χ2v) is 6.32. The molecule has 4 nitrogen and oxygen atoms in total. The van der Waals surface area contributed by atoms with Gasteiger partial charge in [-0.1, -0.05) is 46.9 Å². The second-order valence-electron chi connectivity index (χ2n) is 5.04. The van der Waals surface area contributed by atoms with Crippen LogP contribution in [0.5, 0.6) is 0 Å². The molecule has 0 aliphatic heterocycles. The number of hydrogen-bond acceptors (Lipinski definition) is 3. The number of ether oxygens (including phenoxy) is 1. The minimum absolute atomic E-state index is 0.114. The maximum Gasteiger partial charge on any atom is 0.340 e. The van der Waals surface area contributed by atoms with Gasteiger partial charge in [0, 0.05) is 10.0 Å². The van der Waals surface area contributed by atoms with Gasteiger partial charge in [-0.15, -0.1) is 0 Å². The van der Waals surface area contributed by atoms with Crippen molar-refractivity contribution in [2.45, 2.75) is 13.0 Å². The van der Waals surface area contributed by atoms with Crippen LogP contribution in [0.4, 0.5) is 0 Å². The van der Waals surface area contributed by atoms with Gasteiger partial charge in [0.05, 0.1) is 16.6 Å². The van der Waals surface area contributed by atoms with E-state index >= 15 is 0 Å². The van der Waals surface area contributed by atoms with Crippen molar-refractivity contribution in [1.82, 2.24) is 5.32 Å². The van der Waals surface area contributed by atoms with Crippen LogP contribution in [0, 0.1) is 0 Å². The van der Waals surface area contributed by atoms with Crippen molar-refractivity contribution in [3.63, 3.8) is 0 Å². The summed E-state index contributed by atoms with van der Waals surface area (Å²) in [6.45, 7) is 1.40. The number of carbonyl (C=O) groups is 2. The van der Waals surface area contributed by atoms with Gasteiger partial charge in [0.15, 0.2) is 6.61 Å². The Bertz CT molecular complexity index is 747. The average Bonchev–Trinajstić information content (AvgIpc) is 2.55. The fourth-order valence-corrected chi connectivity index (χ4v) is 2.47. The van der Waals surface area contributed by atoms with Crippen molar-refractivity contribution in [2.24, 2.45) is 0 Å². The summed E-state index contributed by atoms with van der Waals surface area (Å²) in [4.78, 5) is 23.9. The standard InChI is InChI=1S/C17H14Cl3NO3/c1-10(11-2-4-12(18)5-3-11)21-16(22)9-24-17(23)14-8-13(19)6-7-15(14)20/h2-8,10H,9H2,1H3,(H,21,22)/t10-/m0/s1. The molecule has 0 aliphatic carbocycles. The molecule has 0 fully saturated rings. The van der Waals surface area contributed by atoms with Crippen molar-refractivity contribution in [2.75, 3.05) is 6.61 Å². The van der Waals surface area contributed by atoms with E-state index < -0.39 is 18.5 Å². The minimum atomic E-state index is -0.711. The lowest BCUT2D eigenvalue weighted by Gasteiger charge is -2.14. The number of hydrogen-bond donors (Lipinski definition) is 1. The molecule has 1 atom stereocenters. The molecule has 0 aromatic heterocycles. The van der Waals surface area contributed by atoms with Gasteiger partial charge in [-0.25, -0.2) is 4.79 Å². The molecule has 24 heavy (non-hydrogen) atoms. The minimum Gasteiger partial charge on any atom is -0.452 e. The van der Waals surface area contributed by atoms with E-state index in [1.54, 1.807) is 18.2 Å². The largest absolute Gasteiger partial charge is 0.452 e. The Morgan fingerprint density at radius 3 is 2.33 bits per heavy atom. The first-order chi connectivity index (χ1) is 11.4. The Morgan fingerprint density at radius 1 is 1.04 bits per heavy atom. The van der Waals surface area contributed by atoms with E-state index in [0.717, 1.165) is 5.56 Å². The molecule has 0 saturated heterocycles. The molecule has 1 N–H and O–H groups in total. The molecule has 2 rings (SSSR count). The molecule has 2 aromatic rings. The van der Waals surface area contributed by atoms with E-state index in [2.05, 4.69) is 5.32 Å².